The molecule has 0 amide bonds. The number of hydrogen-bond acceptors (Lipinski definition) is 3. The van der Waals surface area contributed by atoms with Gasteiger partial charge in [0.05, 0.1) is 12.7 Å². The number of aliphatic carboxylic acids is 1. The van der Waals surface area contributed by atoms with E-state index in [1.165, 1.54) is 7.11 Å². The third-order valence-electron chi connectivity index (χ3n) is 1.87. The monoisotopic (exact) mass is 206 g/mol. The highest BCUT2D eigenvalue weighted by Crippen LogP contribution is 2.18. The summed E-state index contributed by atoms with van der Waals surface area (Å²) in [6.07, 6.45) is 1.47. The molecule has 78 valence electrons. The SMILES string of the molecule is COc1ccc(C(=CC=O)C(=O)O)cc1. The molecule has 4 heteroatoms. The average Bonchev–Trinajstić information content (AvgIpc) is 2.26. The molecule has 0 fully saturated rings. The lowest BCUT2D eigenvalue weighted by atomic mass is 10.1. The number of aldehydes is 1. The summed E-state index contributed by atoms with van der Waals surface area (Å²) in [5.74, 6) is -0.498. The Kier molecular flexibility index (Phi) is 3.62. The molecule has 15 heavy (non-hydrogen) atoms. The summed E-state index contributed by atoms with van der Waals surface area (Å²) in [5, 5.41) is 8.83. The zero-order chi connectivity index (χ0) is 11.3. The van der Waals surface area contributed by atoms with E-state index in [0.717, 1.165) is 6.08 Å². The molecule has 0 bridgehead atoms. The Balaban J connectivity index is 3.07. The molecule has 1 rings (SSSR count). The van der Waals surface area contributed by atoms with Gasteiger partial charge in [0.25, 0.3) is 0 Å². The number of rotatable bonds is 4. The minimum absolute atomic E-state index is 0.0346. The third kappa shape index (κ3) is 2.67. The van der Waals surface area contributed by atoms with E-state index >= 15 is 0 Å². The van der Waals surface area contributed by atoms with Gasteiger partial charge in [-0.05, 0) is 23.8 Å². The molecule has 1 N–H and O–H groups in total. The Morgan fingerprint density at radius 2 is 1.93 bits per heavy atom. The fourth-order valence-corrected chi connectivity index (χ4v) is 1.13. The average molecular weight is 206 g/mol. The normalized spacial score (nSPS) is 10.9. The van der Waals surface area contributed by atoms with Crippen molar-refractivity contribution in [3.8, 4) is 5.75 Å². The molecule has 0 aliphatic rings. The Labute approximate surface area is 86.8 Å². The van der Waals surface area contributed by atoms with Crippen LogP contribution in [0.1, 0.15) is 5.56 Å². The van der Waals surface area contributed by atoms with Gasteiger partial charge in [0.15, 0.2) is 0 Å². The highest BCUT2D eigenvalue weighted by Gasteiger charge is 2.09. The van der Waals surface area contributed by atoms with E-state index in [1.54, 1.807) is 24.3 Å². The van der Waals surface area contributed by atoms with Crippen LogP contribution in [-0.2, 0) is 9.59 Å². The predicted octanol–water partition coefficient (Wildman–Crippen LogP) is 1.36. The van der Waals surface area contributed by atoms with Crippen LogP contribution in [0.2, 0.25) is 0 Å². The highest BCUT2D eigenvalue weighted by molar-refractivity contribution is 6.18. The minimum atomic E-state index is -1.13. The van der Waals surface area contributed by atoms with E-state index < -0.39 is 5.97 Å². The number of carbonyl (C=O) groups is 2. The first-order valence-corrected chi connectivity index (χ1v) is 4.22. The van der Waals surface area contributed by atoms with Crippen molar-refractivity contribution in [2.45, 2.75) is 0 Å². The first kappa shape index (κ1) is 11.0. The summed E-state index contributed by atoms with van der Waals surface area (Å²) < 4.78 is 4.93. The van der Waals surface area contributed by atoms with Crippen LogP contribution in [0.3, 0.4) is 0 Å². The Morgan fingerprint density at radius 3 is 2.33 bits per heavy atom. The fourth-order valence-electron chi connectivity index (χ4n) is 1.13. The van der Waals surface area contributed by atoms with Crippen molar-refractivity contribution in [2.24, 2.45) is 0 Å². The van der Waals surface area contributed by atoms with Gasteiger partial charge in [-0.25, -0.2) is 4.79 Å². The maximum absolute atomic E-state index is 10.8. The summed E-state index contributed by atoms with van der Waals surface area (Å²) in [6, 6.07) is 6.44. The van der Waals surface area contributed by atoms with Gasteiger partial charge in [-0.15, -0.1) is 0 Å². The van der Waals surface area contributed by atoms with Gasteiger partial charge in [0.2, 0.25) is 0 Å². The summed E-state index contributed by atoms with van der Waals surface area (Å²) in [6.45, 7) is 0. The first-order chi connectivity index (χ1) is 7.19. The Hall–Kier alpha value is -2.10. The van der Waals surface area contributed by atoms with E-state index in [1.807, 2.05) is 0 Å². The molecule has 0 saturated heterocycles. The topological polar surface area (TPSA) is 63.6 Å². The van der Waals surface area contributed by atoms with Crippen LogP contribution in [0.4, 0.5) is 0 Å². The van der Waals surface area contributed by atoms with Crippen molar-refractivity contribution >= 4 is 17.8 Å². The number of methoxy groups -OCH3 is 1. The van der Waals surface area contributed by atoms with Crippen molar-refractivity contribution in [2.75, 3.05) is 7.11 Å². The second-order valence-corrected chi connectivity index (χ2v) is 2.75. The third-order valence-corrected chi connectivity index (χ3v) is 1.87. The number of hydrogen-bond donors (Lipinski definition) is 1. The largest absolute Gasteiger partial charge is 0.497 e. The zero-order valence-corrected chi connectivity index (χ0v) is 8.14. The van der Waals surface area contributed by atoms with Crippen LogP contribution in [0.25, 0.3) is 5.57 Å². The van der Waals surface area contributed by atoms with Crippen molar-refractivity contribution in [1.29, 1.82) is 0 Å². The molecule has 0 radical (unpaired) electrons. The number of benzene rings is 1. The van der Waals surface area contributed by atoms with Crippen molar-refractivity contribution in [3.63, 3.8) is 0 Å². The smallest absolute Gasteiger partial charge is 0.336 e. The molecule has 0 spiro atoms. The van der Waals surface area contributed by atoms with E-state index in [0.29, 0.717) is 17.6 Å². The number of carboxylic acid groups (broad SMARTS) is 1. The highest BCUT2D eigenvalue weighted by atomic mass is 16.5. The minimum Gasteiger partial charge on any atom is -0.497 e. The van der Waals surface area contributed by atoms with Gasteiger partial charge in [-0.3, -0.25) is 4.79 Å². The van der Waals surface area contributed by atoms with Crippen LogP contribution >= 0.6 is 0 Å². The van der Waals surface area contributed by atoms with Gasteiger partial charge < -0.3 is 9.84 Å². The molecule has 0 aliphatic carbocycles. The van der Waals surface area contributed by atoms with Gasteiger partial charge in [0, 0.05) is 0 Å². The van der Waals surface area contributed by atoms with Gasteiger partial charge in [-0.2, -0.15) is 0 Å². The molecule has 1 aromatic rings. The summed E-state index contributed by atoms with van der Waals surface area (Å²) >= 11 is 0. The molecule has 0 heterocycles. The number of ether oxygens (including phenoxy) is 1. The predicted molar refractivity (Wildman–Crippen MR) is 54.7 cm³/mol. The van der Waals surface area contributed by atoms with Crippen LogP contribution in [0.5, 0.6) is 5.75 Å². The summed E-state index contributed by atoms with van der Waals surface area (Å²) in [7, 11) is 1.52. The molecule has 0 aliphatic heterocycles. The van der Waals surface area contributed by atoms with E-state index in [4.69, 9.17) is 9.84 Å². The maximum Gasteiger partial charge on any atom is 0.336 e. The van der Waals surface area contributed by atoms with Crippen molar-refractivity contribution < 1.29 is 19.4 Å². The lowest BCUT2D eigenvalue weighted by Gasteiger charge is -2.03. The van der Waals surface area contributed by atoms with E-state index in [2.05, 4.69) is 0 Å². The van der Waals surface area contributed by atoms with Gasteiger partial charge in [0.1, 0.15) is 12.0 Å². The number of carboxylic acids is 1. The van der Waals surface area contributed by atoms with Crippen molar-refractivity contribution in [3.05, 3.63) is 35.9 Å². The molecular formula is C11H10O4. The van der Waals surface area contributed by atoms with Crippen LogP contribution in [-0.4, -0.2) is 24.5 Å². The number of carbonyl (C=O) groups excluding carboxylic acids is 1. The lowest BCUT2D eigenvalue weighted by molar-refractivity contribution is -0.130. The molecule has 0 atom stereocenters. The number of allylic oxidation sites excluding steroid dienone is 1. The van der Waals surface area contributed by atoms with E-state index in [9.17, 15) is 9.59 Å². The van der Waals surface area contributed by atoms with Crippen LogP contribution < -0.4 is 4.74 Å². The van der Waals surface area contributed by atoms with Gasteiger partial charge >= 0.3 is 5.97 Å². The molecule has 1 aromatic carbocycles. The lowest BCUT2D eigenvalue weighted by Crippen LogP contribution is -2.00. The zero-order valence-electron chi connectivity index (χ0n) is 8.14. The molecule has 0 aromatic heterocycles. The summed E-state index contributed by atoms with van der Waals surface area (Å²) in [5.41, 5.74) is 0.433. The summed E-state index contributed by atoms with van der Waals surface area (Å²) in [4.78, 5) is 21.0. The van der Waals surface area contributed by atoms with Crippen LogP contribution in [0, 0.1) is 0 Å². The molecule has 0 saturated carbocycles. The maximum atomic E-state index is 10.8. The Morgan fingerprint density at radius 1 is 1.33 bits per heavy atom. The van der Waals surface area contributed by atoms with Crippen LogP contribution in [0.15, 0.2) is 30.3 Å². The fraction of sp³-hybridized carbons (Fsp3) is 0.0909. The Bertz CT molecular complexity index is 390. The first-order valence-electron chi connectivity index (χ1n) is 4.22. The second-order valence-electron chi connectivity index (χ2n) is 2.75. The van der Waals surface area contributed by atoms with Crippen molar-refractivity contribution in [1.82, 2.24) is 0 Å². The molecule has 4 nitrogen and oxygen atoms in total. The second kappa shape index (κ2) is 4.95. The van der Waals surface area contributed by atoms with E-state index in [-0.39, 0.29) is 5.57 Å². The molecular weight excluding hydrogens is 196 g/mol. The van der Waals surface area contributed by atoms with Gasteiger partial charge in [-0.1, -0.05) is 12.1 Å². The molecule has 0 unspecified atom stereocenters. The quantitative estimate of drug-likeness (QED) is 0.596. The standard InChI is InChI=1S/C11H10O4/c1-15-9-4-2-8(3-5-9)10(6-7-12)11(13)14/h2-7H,1H3,(H,13,14).